The van der Waals surface area contributed by atoms with E-state index in [1.165, 1.54) is 11.1 Å². The number of carbonyl (C=O) groups is 1. The number of hydrogen-bond acceptors (Lipinski definition) is 5. The first kappa shape index (κ1) is 14.9. The van der Waals surface area contributed by atoms with Gasteiger partial charge in [-0.2, -0.15) is 8.78 Å². The molecule has 9 heteroatoms. The first-order chi connectivity index (χ1) is 10.2. The Morgan fingerprint density at radius 2 is 2.09 bits per heavy atom. The van der Waals surface area contributed by atoms with E-state index in [1.54, 1.807) is 18.2 Å². The summed E-state index contributed by atoms with van der Waals surface area (Å²) in [4.78, 5) is 20.6. The number of halogens is 3. The molecule has 116 valence electrons. The summed E-state index contributed by atoms with van der Waals surface area (Å²) in [5.41, 5.74) is 3.25. The van der Waals surface area contributed by atoms with Crippen LogP contribution in [0, 0.1) is 0 Å². The van der Waals surface area contributed by atoms with Crippen LogP contribution in [0.25, 0.3) is 11.0 Å². The number of alkyl halides is 2. The first-order valence-electron chi connectivity index (χ1n) is 6.30. The number of aliphatic hydroxyl groups is 1. The third kappa shape index (κ3) is 2.15. The third-order valence-electron chi connectivity index (χ3n) is 3.61. The number of rotatable bonds is 3. The highest BCUT2D eigenvalue weighted by atomic mass is 35.5. The molecule has 1 aromatic carbocycles. The lowest BCUT2D eigenvalue weighted by atomic mass is 9.86. The van der Waals surface area contributed by atoms with Gasteiger partial charge in [0.2, 0.25) is 0 Å². The minimum Gasteiger partial charge on any atom is -0.379 e. The van der Waals surface area contributed by atoms with Gasteiger partial charge in [0.15, 0.2) is 5.60 Å². The molecule has 2 aromatic rings. The molecule has 0 saturated carbocycles. The fraction of sp³-hybridized carbons (Fsp3) is 0.308. The molecule has 0 bridgehead atoms. The molecule has 0 radical (unpaired) electrons. The van der Waals surface area contributed by atoms with Crippen molar-refractivity contribution in [3.05, 3.63) is 29.4 Å². The van der Waals surface area contributed by atoms with Gasteiger partial charge >= 0.3 is 5.92 Å². The van der Waals surface area contributed by atoms with Crippen molar-refractivity contribution < 1.29 is 18.7 Å². The quantitative estimate of drug-likeness (QED) is 0.875. The van der Waals surface area contributed by atoms with E-state index >= 15 is 0 Å². The molecule has 1 aromatic heterocycles. The second-order valence-corrected chi connectivity index (χ2v) is 5.62. The van der Waals surface area contributed by atoms with Gasteiger partial charge in [0.05, 0.1) is 30.3 Å². The van der Waals surface area contributed by atoms with Crippen LogP contribution in [0.3, 0.4) is 0 Å². The molecule has 6 nitrogen and oxygen atoms in total. The Bertz CT molecular complexity index is 765. The van der Waals surface area contributed by atoms with Gasteiger partial charge in [-0.05, 0) is 18.2 Å². The maximum atomic E-state index is 13.6. The van der Waals surface area contributed by atoms with Crippen LogP contribution in [-0.2, 0) is 4.79 Å². The van der Waals surface area contributed by atoms with E-state index in [-0.39, 0.29) is 0 Å². The van der Waals surface area contributed by atoms with Crippen molar-refractivity contribution in [2.75, 3.05) is 18.0 Å². The lowest BCUT2D eigenvalue weighted by molar-refractivity contribution is -0.196. The summed E-state index contributed by atoms with van der Waals surface area (Å²) in [5.74, 6) is -5.53. The molecule has 0 unspecified atom stereocenters. The predicted molar refractivity (Wildman–Crippen MR) is 75.9 cm³/mol. The predicted octanol–water partition coefficient (Wildman–Crippen LogP) is 0.955. The van der Waals surface area contributed by atoms with Crippen molar-refractivity contribution in [2.24, 2.45) is 5.73 Å². The molecule has 0 spiro atoms. The number of anilines is 1. The highest BCUT2D eigenvalue weighted by Crippen LogP contribution is 2.38. The number of nitrogens with zero attached hydrogens (tertiary/aromatic N) is 3. The molecule has 0 aliphatic carbocycles. The van der Waals surface area contributed by atoms with Crippen LogP contribution >= 0.6 is 11.6 Å². The topological polar surface area (TPSA) is 92.3 Å². The van der Waals surface area contributed by atoms with Crippen molar-refractivity contribution in [2.45, 2.75) is 11.5 Å². The van der Waals surface area contributed by atoms with Gasteiger partial charge in [-0.3, -0.25) is 9.78 Å². The van der Waals surface area contributed by atoms with E-state index in [0.29, 0.717) is 21.9 Å². The molecule has 1 aliphatic heterocycles. The average Bonchev–Trinajstić information content (AvgIpc) is 2.43. The summed E-state index contributed by atoms with van der Waals surface area (Å²) >= 11 is 5.84. The second kappa shape index (κ2) is 4.72. The number of β-amino-alcohol motifs (C(OH)–C–C–N with tert-alkyl or cyclic N) is 1. The molecule has 3 N–H and O–H groups in total. The number of benzene rings is 1. The Balaban J connectivity index is 1.83. The van der Waals surface area contributed by atoms with Gasteiger partial charge in [-0.15, -0.1) is 0 Å². The van der Waals surface area contributed by atoms with Gasteiger partial charge in [0, 0.05) is 5.02 Å². The number of primary amides is 1. The number of amides is 1. The fourth-order valence-corrected chi connectivity index (χ4v) is 2.47. The van der Waals surface area contributed by atoms with E-state index in [1.807, 2.05) is 0 Å². The van der Waals surface area contributed by atoms with Crippen LogP contribution < -0.4 is 10.6 Å². The molecule has 1 fully saturated rings. The lowest BCUT2D eigenvalue weighted by Gasteiger charge is -2.49. The van der Waals surface area contributed by atoms with Crippen LogP contribution in [0.2, 0.25) is 5.02 Å². The lowest BCUT2D eigenvalue weighted by Crippen LogP contribution is -2.73. The van der Waals surface area contributed by atoms with E-state index < -0.39 is 30.5 Å². The normalized spacial score (nSPS) is 17.4. The molecular weight excluding hydrogens is 318 g/mol. The van der Waals surface area contributed by atoms with Crippen molar-refractivity contribution in [1.82, 2.24) is 9.97 Å². The van der Waals surface area contributed by atoms with Gasteiger partial charge < -0.3 is 15.7 Å². The molecular formula is C13H11ClF2N4O2. The van der Waals surface area contributed by atoms with Crippen molar-refractivity contribution in [3.63, 3.8) is 0 Å². The SMILES string of the molecule is NC(=O)C(F)(F)C1(O)CN(c2cnc3cc(Cl)ccc3n2)C1. The molecule has 1 aliphatic rings. The summed E-state index contributed by atoms with van der Waals surface area (Å²) < 4.78 is 27.1. The van der Waals surface area contributed by atoms with Crippen LogP contribution in [-0.4, -0.2) is 45.6 Å². The second-order valence-electron chi connectivity index (χ2n) is 5.19. The minimum absolute atomic E-state index is 0.319. The number of nitrogens with two attached hydrogens (primary N) is 1. The summed E-state index contributed by atoms with van der Waals surface area (Å²) in [6.07, 6.45) is 1.39. The van der Waals surface area contributed by atoms with E-state index in [4.69, 9.17) is 11.6 Å². The molecule has 1 saturated heterocycles. The van der Waals surface area contributed by atoms with Gasteiger partial charge in [-0.1, -0.05) is 11.6 Å². The Hall–Kier alpha value is -2.06. The van der Waals surface area contributed by atoms with E-state index in [0.717, 1.165) is 0 Å². The van der Waals surface area contributed by atoms with Crippen LogP contribution in [0.1, 0.15) is 0 Å². The number of carbonyl (C=O) groups excluding carboxylic acids is 1. The Morgan fingerprint density at radius 3 is 2.73 bits per heavy atom. The van der Waals surface area contributed by atoms with Gasteiger partial charge in [-0.25, -0.2) is 4.98 Å². The van der Waals surface area contributed by atoms with Crippen molar-refractivity contribution in [1.29, 1.82) is 0 Å². The average molecular weight is 329 g/mol. The standard InChI is InChI=1S/C13H11ClF2N4O2/c14-7-1-2-8-9(3-7)18-4-10(19-8)20-5-12(22,6-20)13(15,16)11(17)21/h1-4,22H,5-6H2,(H2,17,21). The highest BCUT2D eigenvalue weighted by molar-refractivity contribution is 6.31. The maximum Gasteiger partial charge on any atom is 0.355 e. The number of aromatic nitrogens is 2. The Morgan fingerprint density at radius 1 is 1.41 bits per heavy atom. The van der Waals surface area contributed by atoms with Crippen LogP contribution in [0.5, 0.6) is 0 Å². The largest absolute Gasteiger partial charge is 0.379 e. The zero-order chi connectivity index (χ0) is 16.1. The maximum absolute atomic E-state index is 13.6. The monoisotopic (exact) mass is 328 g/mol. The highest BCUT2D eigenvalue weighted by Gasteiger charge is 2.63. The molecule has 1 amide bonds. The van der Waals surface area contributed by atoms with Gasteiger partial charge in [0.1, 0.15) is 5.82 Å². The van der Waals surface area contributed by atoms with Crippen molar-refractivity contribution >= 4 is 34.4 Å². The number of fused-ring (bicyclic) bond motifs is 1. The Kier molecular flexibility index (Phi) is 3.19. The van der Waals surface area contributed by atoms with Crippen LogP contribution in [0.4, 0.5) is 14.6 Å². The van der Waals surface area contributed by atoms with Crippen molar-refractivity contribution in [3.8, 4) is 0 Å². The fourth-order valence-electron chi connectivity index (χ4n) is 2.30. The summed E-state index contributed by atoms with van der Waals surface area (Å²) in [6, 6.07) is 4.91. The first-order valence-corrected chi connectivity index (χ1v) is 6.68. The summed E-state index contributed by atoms with van der Waals surface area (Å²) in [7, 11) is 0. The summed E-state index contributed by atoms with van der Waals surface area (Å²) in [6.45, 7) is -0.923. The van der Waals surface area contributed by atoms with Gasteiger partial charge in [0.25, 0.3) is 5.91 Å². The number of hydrogen-bond donors (Lipinski definition) is 2. The molecule has 22 heavy (non-hydrogen) atoms. The minimum atomic E-state index is -4.00. The molecule has 0 atom stereocenters. The third-order valence-corrected chi connectivity index (χ3v) is 3.85. The smallest absolute Gasteiger partial charge is 0.355 e. The summed E-state index contributed by atoms with van der Waals surface area (Å²) in [5, 5.41) is 10.3. The van der Waals surface area contributed by atoms with E-state index in [9.17, 15) is 18.7 Å². The Labute approximate surface area is 128 Å². The molecule has 3 rings (SSSR count). The van der Waals surface area contributed by atoms with E-state index in [2.05, 4.69) is 15.7 Å². The zero-order valence-corrected chi connectivity index (χ0v) is 11.9. The van der Waals surface area contributed by atoms with Crippen LogP contribution in [0.15, 0.2) is 24.4 Å². The zero-order valence-electron chi connectivity index (χ0n) is 11.1. The molecule has 2 heterocycles.